The maximum atomic E-state index is 3.60. The van der Waals surface area contributed by atoms with E-state index in [4.69, 9.17) is 0 Å². The minimum Gasteiger partial charge on any atom is -0.370 e. The molecular weight excluding hydrogens is 264 g/mol. The molecule has 1 aliphatic rings. The zero-order valence-electron chi connectivity index (χ0n) is 12.2. The molecule has 0 spiro atoms. The number of benzene rings is 1. The van der Waals surface area contributed by atoms with Gasteiger partial charge in [-0.1, -0.05) is 18.2 Å². The van der Waals surface area contributed by atoms with Crippen LogP contribution in [0.5, 0.6) is 0 Å². The molecule has 1 aromatic heterocycles. The summed E-state index contributed by atoms with van der Waals surface area (Å²) in [4.78, 5) is 5.22. The molecule has 0 bridgehead atoms. The summed E-state index contributed by atoms with van der Waals surface area (Å²) in [6, 6.07) is 13.7. The third-order valence-corrected chi connectivity index (χ3v) is 4.91. The van der Waals surface area contributed by atoms with Crippen LogP contribution in [0.4, 0.5) is 5.69 Å². The van der Waals surface area contributed by atoms with E-state index >= 15 is 0 Å². The third-order valence-electron chi connectivity index (χ3n) is 3.82. The first-order chi connectivity index (χ1) is 9.72. The van der Waals surface area contributed by atoms with E-state index in [0.717, 1.165) is 19.1 Å². The predicted octanol–water partition coefficient (Wildman–Crippen LogP) is 3.94. The van der Waals surface area contributed by atoms with E-state index in [2.05, 4.69) is 60.6 Å². The Morgan fingerprint density at radius 2 is 2.00 bits per heavy atom. The van der Waals surface area contributed by atoms with E-state index in [9.17, 15) is 0 Å². The Labute approximate surface area is 125 Å². The van der Waals surface area contributed by atoms with Gasteiger partial charge in [0.15, 0.2) is 0 Å². The number of hydrogen-bond acceptors (Lipinski definition) is 3. The van der Waals surface area contributed by atoms with Gasteiger partial charge in [-0.2, -0.15) is 0 Å². The zero-order valence-corrected chi connectivity index (χ0v) is 13.0. The lowest BCUT2D eigenvalue weighted by Crippen LogP contribution is -2.16. The molecule has 0 saturated heterocycles. The van der Waals surface area contributed by atoms with Crippen LogP contribution in [0.2, 0.25) is 0 Å². The quantitative estimate of drug-likeness (QED) is 0.865. The third kappa shape index (κ3) is 3.41. The Hall–Kier alpha value is -1.32. The normalized spacial score (nSPS) is 14.5. The molecule has 2 nitrogen and oxygen atoms in total. The number of anilines is 1. The topological polar surface area (TPSA) is 15.3 Å². The van der Waals surface area contributed by atoms with Crippen molar-refractivity contribution in [3.05, 3.63) is 51.7 Å². The van der Waals surface area contributed by atoms with Crippen molar-refractivity contribution in [2.24, 2.45) is 0 Å². The Bertz CT molecular complexity index is 558. The van der Waals surface area contributed by atoms with Crippen LogP contribution in [0.3, 0.4) is 0 Å². The first-order valence-electron chi connectivity index (χ1n) is 7.30. The highest BCUT2D eigenvalue weighted by Crippen LogP contribution is 2.26. The SMILES string of the molecule is Cc1sc(CNC2CC2)cc1CN(C)c1ccccc1. The number of para-hydroxylation sites is 1. The molecule has 3 heteroatoms. The van der Waals surface area contributed by atoms with Crippen molar-refractivity contribution in [1.29, 1.82) is 0 Å². The monoisotopic (exact) mass is 286 g/mol. The van der Waals surface area contributed by atoms with Crippen LogP contribution >= 0.6 is 11.3 Å². The lowest BCUT2D eigenvalue weighted by molar-refractivity contribution is 0.695. The number of hydrogen-bond donors (Lipinski definition) is 1. The molecule has 1 aromatic carbocycles. The highest BCUT2D eigenvalue weighted by molar-refractivity contribution is 7.12. The standard InChI is InChI=1S/C17H22N2S/c1-13-14(10-17(20-13)11-18-15-8-9-15)12-19(2)16-6-4-3-5-7-16/h3-7,10,15,18H,8-9,11-12H2,1-2H3. The predicted molar refractivity (Wildman–Crippen MR) is 87.5 cm³/mol. The molecule has 1 aliphatic carbocycles. The Balaban J connectivity index is 1.64. The number of nitrogens with one attached hydrogen (secondary N) is 1. The van der Waals surface area contributed by atoms with Crippen molar-refractivity contribution in [3.63, 3.8) is 0 Å². The number of aryl methyl sites for hydroxylation is 1. The maximum absolute atomic E-state index is 3.60. The molecule has 1 saturated carbocycles. The molecule has 0 atom stereocenters. The van der Waals surface area contributed by atoms with Crippen molar-refractivity contribution >= 4 is 17.0 Å². The molecule has 106 valence electrons. The average Bonchev–Trinajstić information content (AvgIpc) is 3.23. The van der Waals surface area contributed by atoms with Gasteiger partial charge in [0.2, 0.25) is 0 Å². The first kappa shape index (κ1) is 13.7. The lowest BCUT2D eigenvalue weighted by atomic mass is 10.2. The van der Waals surface area contributed by atoms with Crippen LogP contribution in [0.15, 0.2) is 36.4 Å². The fourth-order valence-electron chi connectivity index (χ4n) is 2.39. The highest BCUT2D eigenvalue weighted by atomic mass is 32.1. The second-order valence-corrected chi connectivity index (χ2v) is 6.98. The van der Waals surface area contributed by atoms with E-state index in [1.165, 1.54) is 33.8 Å². The van der Waals surface area contributed by atoms with Gasteiger partial charge >= 0.3 is 0 Å². The van der Waals surface area contributed by atoms with Crippen molar-refractivity contribution in [1.82, 2.24) is 5.32 Å². The summed E-state index contributed by atoms with van der Waals surface area (Å²) < 4.78 is 0. The molecule has 2 aromatic rings. The van der Waals surface area contributed by atoms with Crippen molar-refractivity contribution in [3.8, 4) is 0 Å². The Kier molecular flexibility index (Phi) is 4.08. The minimum atomic E-state index is 0.785. The van der Waals surface area contributed by atoms with Crippen LogP contribution in [-0.2, 0) is 13.1 Å². The molecule has 1 N–H and O–H groups in total. The number of rotatable bonds is 6. The minimum absolute atomic E-state index is 0.785. The van der Waals surface area contributed by atoms with Crippen molar-refractivity contribution in [2.75, 3.05) is 11.9 Å². The van der Waals surface area contributed by atoms with Gasteiger partial charge in [0, 0.05) is 41.6 Å². The molecule has 0 amide bonds. The van der Waals surface area contributed by atoms with Crippen molar-refractivity contribution in [2.45, 2.75) is 38.9 Å². The van der Waals surface area contributed by atoms with Gasteiger partial charge in [0.05, 0.1) is 0 Å². The van der Waals surface area contributed by atoms with Crippen LogP contribution in [0.25, 0.3) is 0 Å². The molecule has 0 radical (unpaired) electrons. The molecule has 1 fully saturated rings. The highest BCUT2D eigenvalue weighted by Gasteiger charge is 2.20. The summed E-state index contributed by atoms with van der Waals surface area (Å²) in [6.45, 7) is 4.25. The molecular formula is C17H22N2S. The smallest absolute Gasteiger partial charge is 0.0437 e. The summed E-state index contributed by atoms with van der Waals surface area (Å²) in [6.07, 6.45) is 2.71. The van der Waals surface area contributed by atoms with Crippen molar-refractivity contribution < 1.29 is 0 Å². The average molecular weight is 286 g/mol. The Morgan fingerprint density at radius 3 is 2.70 bits per heavy atom. The molecule has 0 unspecified atom stereocenters. The summed E-state index contributed by atoms with van der Waals surface area (Å²) in [7, 11) is 2.16. The first-order valence-corrected chi connectivity index (χ1v) is 8.12. The van der Waals surface area contributed by atoms with E-state index in [1.54, 1.807) is 0 Å². The van der Waals surface area contributed by atoms with Gasteiger partial charge in [-0.05, 0) is 43.5 Å². The van der Waals surface area contributed by atoms with Crippen LogP contribution in [0.1, 0.15) is 28.2 Å². The van der Waals surface area contributed by atoms with Crippen LogP contribution in [-0.4, -0.2) is 13.1 Å². The van der Waals surface area contributed by atoms with Gasteiger partial charge < -0.3 is 10.2 Å². The van der Waals surface area contributed by atoms with Gasteiger partial charge in [-0.25, -0.2) is 0 Å². The zero-order chi connectivity index (χ0) is 13.9. The summed E-state index contributed by atoms with van der Waals surface area (Å²) in [5.74, 6) is 0. The van der Waals surface area contributed by atoms with Gasteiger partial charge in [-0.3, -0.25) is 0 Å². The fourth-order valence-corrected chi connectivity index (χ4v) is 3.40. The maximum Gasteiger partial charge on any atom is 0.0437 e. The molecule has 3 rings (SSSR count). The lowest BCUT2D eigenvalue weighted by Gasteiger charge is -2.19. The van der Waals surface area contributed by atoms with E-state index in [-0.39, 0.29) is 0 Å². The molecule has 20 heavy (non-hydrogen) atoms. The largest absolute Gasteiger partial charge is 0.370 e. The second kappa shape index (κ2) is 5.98. The van der Waals surface area contributed by atoms with Gasteiger partial charge in [0.1, 0.15) is 0 Å². The van der Waals surface area contributed by atoms with E-state index in [1.807, 2.05) is 11.3 Å². The van der Waals surface area contributed by atoms with E-state index < -0.39 is 0 Å². The molecule has 0 aliphatic heterocycles. The van der Waals surface area contributed by atoms with Gasteiger partial charge in [-0.15, -0.1) is 11.3 Å². The molecule has 1 heterocycles. The summed E-state index contributed by atoms with van der Waals surface area (Å²) in [5, 5.41) is 3.60. The Morgan fingerprint density at radius 1 is 1.25 bits per heavy atom. The summed E-state index contributed by atoms with van der Waals surface area (Å²) in [5.41, 5.74) is 2.73. The van der Waals surface area contributed by atoms with Crippen LogP contribution in [0, 0.1) is 6.92 Å². The van der Waals surface area contributed by atoms with Crippen LogP contribution < -0.4 is 10.2 Å². The number of nitrogens with zero attached hydrogens (tertiary/aromatic N) is 1. The summed E-state index contributed by atoms with van der Waals surface area (Å²) >= 11 is 1.93. The fraction of sp³-hybridized carbons (Fsp3) is 0.412. The van der Waals surface area contributed by atoms with Gasteiger partial charge in [0.25, 0.3) is 0 Å². The number of thiophene rings is 1. The second-order valence-electron chi connectivity index (χ2n) is 5.64. The van der Waals surface area contributed by atoms with E-state index in [0.29, 0.717) is 0 Å².